The third-order valence-electron chi connectivity index (χ3n) is 0.603. The van der Waals surface area contributed by atoms with E-state index < -0.39 is 5.97 Å². The van der Waals surface area contributed by atoms with E-state index in [0.717, 1.165) is 0 Å². The monoisotopic (exact) mass is 324 g/mol. The maximum Gasteiger partial charge on any atom is 2.00 e. The maximum absolute atomic E-state index is 9.89. The van der Waals surface area contributed by atoms with Crippen molar-refractivity contribution in [1.82, 2.24) is 0 Å². The second kappa shape index (κ2) is 10.4. The molecular weight excluding hydrogens is 312 g/mol. The Hall–Kier alpha value is 2.33. The Bertz CT molecular complexity index is 115. The molecule has 0 bridgehead atoms. The van der Waals surface area contributed by atoms with E-state index in [1.807, 2.05) is 0 Å². The summed E-state index contributed by atoms with van der Waals surface area (Å²) in [4.78, 5) is 9.89. The summed E-state index contributed by atoms with van der Waals surface area (Å²) in [7, 11) is 5.40. The summed E-state index contributed by atoms with van der Waals surface area (Å²) in [6.45, 7) is 0.0694. The summed E-state index contributed by atoms with van der Waals surface area (Å²) < 4.78 is 0.419. The second-order valence-electron chi connectivity index (χ2n) is 2.82. The van der Waals surface area contributed by atoms with Gasteiger partial charge in [-0.15, -0.1) is 0 Å². The van der Waals surface area contributed by atoms with Gasteiger partial charge >= 0.3 is 45.5 Å². The minimum absolute atomic E-state index is 0. The maximum atomic E-state index is 9.89. The number of carboxylic acids is 1. The van der Waals surface area contributed by atoms with Crippen molar-refractivity contribution in [2.24, 2.45) is 0 Å². The van der Waals surface area contributed by atoms with Gasteiger partial charge < -0.3 is 17.2 Å². The molecule has 6 heteroatoms. The number of aliphatic carboxylic acids is 1. The van der Waals surface area contributed by atoms with E-state index in [9.17, 15) is 9.90 Å². The van der Waals surface area contributed by atoms with Crippen LogP contribution in [0.4, 0.5) is 0 Å². The molecule has 0 fully saturated rings. The molecule has 0 unspecified atom stereocenters. The standard InChI is InChI=1S/C5H11NO2.Al.Sr.Zr.2H/c1-6(2,3)4-5(7)8;;;;;/h4H2,1-3H3;;;;;/q;;+2;;2*-1. The summed E-state index contributed by atoms with van der Waals surface area (Å²) in [6.07, 6.45) is 0. The minimum atomic E-state index is -1.00. The molecule has 0 aliphatic carbocycles. The molecule has 0 aromatic carbocycles. The van der Waals surface area contributed by atoms with Crippen molar-refractivity contribution in [2.75, 3.05) is 27.7 Å². The van der Waals surface area contributed by atoms with Crippen LogP contribution < -0.4 is 5.11 Å². The molecule has 0 atom stereocenters. The molecular formula is C5H13AlNO2SrZr. The van der Waals surface area contributed by atoms with Crippen LogP contribution in [0.5, 0.6) is 0 Å². The minimum Gasteiger partial charge on any atom is -1.00 e. The predicted molar refractivity (Wildman–Crippen MR) is 41.6 cm³/mol. The third-order valence-corrected chi connectivity index (χ3v) is 0.603. The molecule has 0 N–H and O–H groups in total. The number of nitrogens with zero attached hydrogens (tertiary/aromatic N) is 1. The van der Waals surface area contributed by atoms with Gasteiger partial charge in [0.05, 0.1) is 27.1 Å². The second-order valence-corrected chi connectivity index (χ2v) is 2.82. The van der Waals surface area contributed by atoms with Crippen molar-refractivity contribution in [1.29, 1.82) is 0 Å². The summed E-state index contributed by atoms with van der Waals surface area (Å²) in [5, 5.41) is 9.89. The summed E-state index contributed by atoms with van der Waals surface area (Å²) in [5.74, 6) is -1.00. The SMILES string of the molecule is C[N+](C)(C)CC(=O)[O-].[Al].[H-].[H-].[Sr+2].[Zr]. The van der Waals surface area contributed by atoms with Crippen LogP contribution >= 0.6 is 0 Å². The fourth-order valence-electron chi connectivity index (χ4n) is 0.387. The first-order valence-corrected chi connectivity index (χ1v) is 2.42. The van der Waals surface area contributed by atoms with Crippen molar-refractivity contribution in [3.8, 4) is 0 Å². The fraction of sp³-hybridized carbons (Fsp3) is 0.800. The summed E-state index contributed by atoms with van der Waals surface area (Å²) in [5.41, 5.74) is 0. The Morgan fingerprint density at radius 3 is 1.73 bits per heavy atom. The Kier molecular flexibility index (Phi) is 22.0. The largest absolute Gasteiger partial charge is 2.00 e. The van der Waals surface area contributed by atoms with Crippen molar-refractivity contribution in [3.63, 3.8) is 0 Å². The fourth-order valence-corrected chi connectivity index (χ4v) is 0.387. The van der Waals surface area contributed by atoms with Gasteiger partial charge in [-0.3, -0.25) is 0 Å². The average Bonchev–Trinajstić information content (AvgIpc) is 1.21. The molecule has 0 heterocycles. The summed E-state index contributed by atoms with van der Waals surface area (Å²) >= 11 is 0. The van der Waals surface area contributed by atoms with E-state index in [0.29, 0.717) is 4.48 Å². The first-order valence-electron chi connectivity index (χ1n) is 2.42. The number of carbonyl (C=O) groups is 1. The zero-order valence-electron chi connectivity index (χ0n) is 9.26. The molecule has 59 valence electrons. The summed E-state index contributed by atoms with van der Waals surface area (Å²) in [6, 6.07) is 0. The van der Waals surface area contributed by atoms with E-state index in [-0.39, 0.29) is 98.4 Å². The van der Waals surface area contributed by atoms with Crippen molar-refractivity contribution < 1.29 is 43.4 Å². The van der Waals surface area contributed by atoms with E-state index in [2.05, 4.69) is 0 Å². The molecule has 0 aliphatic rings. The first kappa shape index (κ1) is 23.3. The number of hydrogen-bond acceptors (Lipinski definition) is 2. The Morgan fingerprint density at radius 2 is 1.73 bits per heavy atom. The quantitative estimate of drug-likeness (QED) is 0.431. The van der Waals surface area contributed by atoms with E-state index in [4.69, 9.17) is 0 Å². The van der Waals surface area contributed by atoms with Crippen LogP contribution in [-0.2, 0) is 31.0 Å². The predicted octanol–water partition coefficient (Wildman–Crippen LogP) is -2.10. The number of carbonyl (C=O) groups excluding carboxylic acids is 1. The Balaban J connectivity index is -0.0000000245. The molecule has 3 nitrogen and oxygen atoms in total. The van der Waals surface area contributed by atoms with Gasteiger partial charge in [-0.25, -0.2) is 0 Å². The van der Waals surface area contributed by atoms with Gasteiger partial charge in [-0.2, -0.15) is 0 Å². The van der Waals surface area contributed by atoms with Crippen LogP contribution in [-0.4, -0.2) is 101 Å². The first-order chi connectivity index (χ1) is 3.42. The van der Waals surface area contributed by atoms with Gasteiger partial charge in [0.2, 0.25) is 0 Å². The molecule has 0 aromatic heterocycles. The van der Waals surface area contributed by atoms with Crippen molar-refractivity contribution >= 4 is 68.8 Å². The van der Waals surface area contributed by atoms with Crippen LogP contribution in [0.2, 0.25) is 0 Å². The van der Waals surface area contributed by atoms with Gasteiger partial charge in [0.25, 0.3) is 0 Å². The average molecular weight is 325 g/mol. The molecule has 0 aliphatic heterocycles. The molecule has 0 saturated carbocycles. The van der Waals surface area contributed by atoms with Gasteiger partial charge in [0, 0.05) is 43.6 Å². The van der Waals surface area contributed by atoms with Crippen LogP contribution in [0.15, 0.2) is 0 Å². The number of quaternary nitrogens is 1. The van der Waals surface area contributed by atoms with Crippen LogP contribution in [0.3, 0.4) is 0 Å². The zero-order chi connectivity index (χ0) is 6.78. The normalized spacial score (nSPS) is 8.27. The molecule has 0 rings (SSSR count). The van der Waals surface area contributed by atoms with E-state index in [1.165, 1.54) is 0 Å². The number of likely N-dealkylation sites (N-methyl/N-ethyl adjacent to an activating group) is 1. The zero-order valence-corrected chi connectivity index (χ0v) is 14.3. The van der Waals surface area contributed by atoms with Crippen molar-refractivity contribution in [3.05, 3.63) is 0 Å². The van der Waals surface area contributed by atoms with Gasteiger partial charge in [-0.1, -0.05) is 0 Å². The van der Waals surface area contributed by atoms with Crippen LogP contribution in [0.25, 0.3) is 0 Å². The van der Waals surface area contributed by atoms with Crippen molar-refractivity contribution in [2.45, 2.75) is 0 Å². The Labute approximate surface area is 138 Å². The van der Waals surface area contributed by atoms with Gasteiger partial charge in [0.15, 0.2) is 0 Å². The molecule has 11 heavy (non-hydrogen) atoms. The molecule has 0 saturated heterocycles. The van der Waals surface area contributed by atoms with Gasteiger partial charge in [0.1, 0.15) is 6.54 Å². The number of hydrogen-bond donors (Lipinski definition) is 0. The number of carboxylic acid groups (broad SMARTS) is 1. The third kappa shape index (κ3) is 24.5. The number of rotatable bonds is 2. The molecule has 0 aromatic rings. The topological polar surface area (TPSA) is 40.1 Å². The van der Waals surface area contributed by atoms with Crippen LogP contribution in [0.1, 0.15) is 2.85 Å². The molecule has 0 amide bonds. The van der Waals surface area contributed by atoms with E-state index in [1.54, 1.807) is 21.1 Å². The smallest absolute Gasteiger partial charge is 1.00 e. The van der Waals surface area contributed by atoms with Gasteiger partial charge in [-0.05, 0) is 0 Å². The van der Waals surface area contributed by atoms with Crippen LogP contribution in [0, 0.1) is 0 Å². The van der Waals surface area contributed by atoms with E-state index >= 15 is 0 Å². The molecule has 3 radical (unpaired) electrons. The Morgan fingerprint density at radius 1 is 1.45 bits per heavy atom. The molecule has 0 spiro atoms.